The Bertz CT molecular complexity index is 400. The SMILES string of the molecule is NC(=O)CN(C1CCNCC1)S(=O)(=O)CC1CC1. The van der Waals surface area contributed by atoms with E-state index in [0.717, 1.165) is 38.8 Å². The third-order valence-corrected chi connectivity index (χ3v) is 5.56. The van der Waals surface area contributed by atoms with Gasteiger partial charge in [-0.25, -0.2) is 8.42 Å². The van der Waals surface area contributed by atoms with Crippen LogP contribution in [-0.4, -0.2) is 50.1 Å². The second-order valence-corrected chi connectivity index (χ2v) is 7.18. The molecule has 1 saturated heterocycles. The van der Waals surface area contributed by atoms with Gasteiger partial charge < -0.3 is 11.1 Å². The molecule has 0 radical (unpaired) electrons. The van der Waals surface area contributed by atoms with Crippen molar-refractivity contribution in [1.29, 1.82) is 0 Å². The van der Waals surface area contributed by atoms with Crippen LogP contribution < -0.4 is 11.1 Å². The molecule has 0 spiro atoms. The molecule has 1 heterocycles. The standard InChI is InChI=1S/C11H21N3O3S/c12-11(15)7-14(10-3-5-13-6-4-10)18(16,17)8-9-1-2-9/h9-10,13H,1-8H2,(H2,12,15). The van der Waals surface area contributed by atoms with Gasteiger partial charge in [0.05, 0.1) is 12.3 Å². The summed E-state index contributed by atoms with van der Waals surface area (Å²) in [6, 6.07) is -0.0810. The average Bonchev–Trinajstić information content (AvgIpc) is 3.10. The van der Waals surface area contributed by atoms with Crippen molar-refractivity contribution in [3.05, 3.63) is 0 Å². The fraction of sp³-hybridized carbons (Fsp3) is 0.909. The topological polar surface area (TPSA) is 92.5 Å². The predicted molar refractivity (Wildman–Crippen MR) is 68.3 cm³/mol. The molecular weight excluding hydrogens is 254 g/mol. The van der Waals surface area contributed by atoms with E-state index < -0.39 is 15.9 Å². The Morgan fingerprint density at radius 1 is 1.22 bits per heavy atom. The number of nitrogens with zero attached hydrogens (tertiary/aromatic N) is 1. The Kier molecular flexibility index (Phi) is 4.24. The first kappa shape index (κ1) is 13.8. The number of piperidine rings is 1. The van der Waals surface area contributed by atoms with Crippen molar-refractivity contribution in [2.75, 3.05) is 25.4 Å². The summed E-state index contributed by atoms with van der Waals surface area (Å²) in [5.41, 5.74) is 5.18. The zero-order valence-corrected chi connectivity index (χ0v) is 11.3. The summed E-state index contributed by atoms with van der Waals surface area (Å²) in [6.07, 6.45) is 3.46. The quantitative estimate of drug-likeness (QED) is 0.668. The number of carbonyl (C=O) groups is 1. The van der Waals surface area contributed by atoms with Gasteiger partial charge in [0.2, 0.25) is 15.9 Å². The van der Waals surface area contributed by atoms with Crippen molar-refractivity contribution in [2.45, 2.75) is 31.7 Å². The van der Waals surface area contributed by atoms with Crippen LogP contribution in [0.25, 0.3) is 0 Å². The Hall–Kier alpha value is -0.660. The summed E-state index contributed by atoms with van der Waals surface area (Å²) in [7, 11) is -3.35. The predicted octanol–water partition coefficient (Wildman–Crippen LogP) is -0.734. The van der Waals surface area contributed by atoms with Crippen LogP contribution in [0.2, 0.25) is 0 Å². The summed E-state index contributed by atoms with van der Waals surface area (Å²) < 4.78 is 26.0. The number of hydrogen-bond acceptors (Lipinski definition) is 4. The molecule has 2 fully saturated rings. The first-order valence-electron chi connectivity index (χ1n) is 6.47. The fourth-order valence-electron chi connectivity index (χ4n) is 2.38. The van der Waals surface area contributed by atoms with Crippen molar-refractivity contribution < 1.29 is 13.2 Å². The number of amides is 1. The molecule has 1 aliphatic heterocycles. The molecule has 18 heavy (non-hydrogen) atoms. The van der Waals surface area contributed by atoms with Gasteiger partial charge in [-0.15, -0.1) is 0 Å². The molecule has 1 saturated carbocycles. The molecule has 2 rings (SSSR count). The second-order valence-electron chi connectivity index (χ2n) is 5.21. The summed E-state index contributed by atoms with van der Waals surface area (Å²) in [4.78, 5) is 11.1. The average molecular weight is 275 g/mol. The molecule has 0 aromatic rings. The summed E-state index contributed by atoms with van der Waals surface area (Å²) in [6.45, 7) is 1.40. The Morgan fingerprint density at radius 2 is 1.83 bits per heavy atom. The minimum absolute atomic E-state index is 0.0810. The highest BCUT2D eigenvalue weighted by Crippen LogP contribution is 2.32. The molecule has 6 nitrogen and oxygen atoms in total. The zero-order chi connectivity index (χ0) is 13.2. The Labute approximate surface area is 108 Å². The van der Waals surface area contributed by atoms with Crippen molar-refractivity contribution in [3.63, 3.8) is 0 Å². The number of carbonyl (C=O) groups excluding carboxylic acids is 1. The van der Waals surface area contributed by atoms with Gasteiger partial charge in [-0.1, -0.05) is 0 Å². The molecule has 0 unspecified atom stereocenters. The highest BCUT2D eigenvalue weighted by molar-refractivity contribution is 7.89. The van der Waals surface area contributed by atoms with Crippen LogP contribution >= 0.6 is 0 Å². The van der Waals surface area contributed by atoms with Crippen LogP contribution in [0.4, 0.5) is 0 Å². The molecule has 1 amide bonds. The highest BCUT2D eigenvalue weighted by atomic mass is 32.2. The second kappa shape index (κ2) is 5.54. The molecule has 2 aliphatic rings. The molecular formula is C11H21N3O3S. The number of rotatable bonds is 6. The lowest BCUT2D eigenvalue weighted by atomic mass is 10.1. The number of nitrogens with two attached hydrogens (primary N) is 1. The fourth-order valence-corrected chi connectivity index (χ4v) is 4.49. The zero-order valence-electron chi connectivity index (χ0n) is 10.5. The van der Waals surface area contributed by atoms with Gasteiger partial charge in [-0.2, -0.15) is 4.31 Å². The van der Waals surface area contributed by atoms with Crippen LogP contribution in [0.5, 0.6) is 0 Å². The molecule has 3 N–H and O–H groups in total. The molecule has 104 valence electrons. The van der Waals surface area contributed by atoms with Gasteiger partial charge in [-0.3, -0.25) is 4.79 Å². The van der Waals surface area contributed by atoms with E-state index in [1.807, 2.05) is 0 Å². The lowest BCUT2D eigenvalue weighted by molar-refractivity contribution is -0.118. The molecule has 0 atom stereocenters. The Morgan fingerprint density at radius 3 is 2.33 bits per heavy atom. The molecule has 0 aromatic carbocycles. The number of sulfonamides is 1. The lowest BCUT2D eigenvalue weighted by Gasteiger charge is -2.33. The van der Waals surface area contributed by atoms with E-state index in [1.165, 1.54) is 4.31 Å². The van der Waals surface area contributed by atoms with E-state index in [0.29, 0.717) is 0 Å². The van der Waals surface area contributed by atoms with Crippen LogP contribution in [0.15, 0.2) is 0 Å². The van der Waals surface area contributed by atoms with E-state index in [4.69, 9.17) is 5.73 Å². The molecule has 0 aromatic heterocycles. The monoisotopic (exact) mass is 275 g/mol. The molecule has 0 bridgehead atoms. The normalized spacial score (nSPS) is 22.3. The van der Waals surface area contributed by atoms with E-state index in [-0.39, 0.29) is 24.3 Å². The maximum absolute atomic E-state index is 12.3. The molecule has 1 aliphatic carbocycles. The minimum Gasteiger partial charge on any atom is -0.369 e. The summed E-state index contributed by atoms with van der Waals surface area (Å²) in [5.74, 6) is -0.121. The van der Waals surface area contributed by atoms with Gasteiger partial charge in [0.1, 0.15) is 0 Å². The largest absolute Gasteiger partial charge is 0.369 e. The van der Waals surface area contributed by atoms with Gasteiger partial charge in [0.25, 0.3) is 0 Å². The van der Waals surface area contributed by atoms with Gasteiger partial charge in [0.15, 0.2) is 0 Å². The third kappa shape index (κ3) is 3.66. The van der Waals surface area contributed by atoms with Gasteiger partial charge >= 0.3 is 0 Å². The smallest absolute Gasteiger partial charge is 0.232 e. The van der Waals surface area contributed by atoms with Gasteiger partial charge in [-0.05, 0) is 44.7 Å². The van der Waals surface area contributed by atoms with E-state index in [1.54, 1.807) is 0 Å². The first-order valence-corrected chi connectivity index (χ1v) is 8.08. The number of hydrogen-bond donors (Lipinski definition) is 2. The highest BCUT2D eigenvalue weighted by Gasteiger charge is 2.36. The maximum Gasteiger partial charge on any atom is 0.232 e. The minimum atomic E-state index is -3.35. The Balaban J connectivity index is 2.09. The van der Waals surface area contributed by atoms with Crippen molar-refractivity contribution in [2.24, 2.45) is 11.7 Å². The number of nitrogens with one attached hydrogen (secondary N) is 1. The van der Waals surface area contributed by atoms with Crippen molar-refractivity contribution in [3.8, 4) is 0 Å². The van der Waals surface area contributed by atoms with E-state index in [2.05, 4.69) is 5.32 Å². The van der Waals surface area contributed by atoms with Crippen molar-refractivity contribution >= 4 is 15.9 Å². The van der Waals surface area contributed by atoms with Crippen LogP contribution in [-0.2, 0) is 14.8 Å². The first-order chi connectivity index (χ1) is 8.49. The van der Waals surface area contributed by atoms with Crippen molar-refractivity contribution in [1.82, 2.24) is 9.62 Å². The van der Waals surface area contributed by atoms with Crippen LogP contribution in [0, 0.1) is 5.92 Å². The summed E-state index contributed by atoms with van der Waals surface area (Å²) in [5, 5.41) is 3.19. The number of primary amides is 1. The third-order valence-electron chi connectivity index (χ3n) is 3.53. The lowest BCUT2D eigenvalue weighted by Crippen LogP contribution is -2.50. The summed E-state index contributed by atoms with van der Waals surface area (Å²) >= 11 is 0. The van der Waals surface area contributed by atoms with Crippen LogP contribution in [0.1, 0.15) is 25.7 Å². The van der Waals surface area contributed by atoms with E-state index in [9.17, 15) is 13.2 Å². The van der Waals surface area contributed by atoms with E-state index >= 15 is 0 Å². The maximum atomic E-state index is 12.3. The molecule has 7 heteroatoms. The van der Waals surface area contributed by atoms with Crippen LogP contribution in [0.3, 0.4) is 0 Å². The van der Waals surface area contributed by atoms with Gasteiger partial charge in [0, 0.05) is 6.04 Å².